The predicted octanol–water partition coefficient (Wildman–Crippen LogP) is 12.3. The van der Waals surface area contributed by atoms with Gasteiger partial charge in [-0.25, -0.2) is 4.57 Å². The van der Waals surface area contributed by atoms with Crippen LogP contribution in [0.2, 0.25) is 0 Å². The summed E-state index contributed by atoms with van der Waals surface area (Å²) in [6.07, 6.45) is 42.8. The smallest absolute Gasteiger partial charge is 0.457 e. The van der Waals surface area contributed by atoms with Gasteiger partial charge in [-0.1, -0.05) is 179 Å². The van der Waals surface area contributed by atoms with Crippen LogP contribution in [0, 0.1) is 0 Å². The molecular weight excluding hydrogens is 703 g/mol. The average molecular weight is 789 g/mol. The molecule has 0 spiro atoms. The molecule has 0 saturated heterocycles. The number of allylic oxidation sites excluding steroid dienone is 4. The average Bonchev–Trinajstić information content (AvgIpc) is 3.16. The molecular formula is C44H85O9P. The lowest BCUT2D eigenvalue weighted by atomic mass is 10.0. The molecule has 0 saturated carbocycles. The summed E-state index contributed by atoms with van der Waals surface area (Å²) in [5.41, 5.74) is 0. The van der Waals surface area contributed by atoms with Crippen LogP contribution in [0.3, 0.4) is 0 Å². The Morgan fingerprint density at radius 2 is 1.00 bits per heavy atom. The maximum atomic E-state index is 12.6. The van der Waals surface area contributed by atoms with Crippen molar-refractivity contribution in [3.8, 4) is 0 Å². The highest BCUT2D eigenvalue weighted by molar-refractivity contribution is 7.47. The lowest BCUT2D eigenvalue weighted by molar-refractivity contribution is -0.154. The van der Waals surface area contributed by atoms with E-state index in [9.17, 15) is 19.4 Å². The Kier molecular flexibility index (Phi) is 40.8. The number of unbranched alkanes of at least 4 members (excludes halogenated alkanes) is 25. The van der Waals surface area contributed by atoms with E-state index in [1.165, 1.54) is 128 Å². The fourth-order valence-corrected chi connectivity index (χ4v) is 7.00. The maximum absolute atomic E-state index is 12.6. The van der Waals surface area contributed by atoms with E-state index in [0.717, 1.165) is 51.4 Å². The van der Waals surface area contributed by atoms with Crippen molar-refractivity contribution >= 4 is 13.8 Å². The van der Waals surface area contributed by atoms with Gasteiger partial charge in [0, 0.05) is 13.0 Å². The highest BCUT2D eigenvalue weighted by Gasteiger charge is 2.26. The van der Waals surface area contributed by atoms with Crippen molar-refractivity contribution in [2.75, 3.05) is 33.0 Å². The summed E-state index contributed by atoms with van der Waals surface area (Å²) in [7, 11) is -4.52. The minimum Gasteiger partial charge on any atom is -0.457 e. The molecule has 54 heavy (non-hydrogen) atoms. The standard InChI is InChI=1S/C44H85O9P/c1-3-5-7-9-11-13-15-17-19-20-21-23-25-27-29-31-33-35-37-50-40-43(41-52-54(48,49)51-39-42(46)38-45)53-44(47)36-34-32-30-28-26-24-22-18-16-14-12-10-8-6-4-2/h12,14,18,22,42-43,45-46H,3-11,13,15-17,19-21,23-41H2,1-2H3,(H,48,49)/b14-12-,22-18-. The van der Waals surface area contributed by atoms with Gasteiger partial charge in [-0.3, -0.25) is 13.8 Å². The molecule has 0 amide bonds. The van der Waals surface area contributed by atoms with Crippen molar-refractivity contribution in [1.82, 2.24) is 0 Å². The summed E-state index contributed by atoms with van der Waals surface area (Å²) in [6, 6.07) is 0. The molecule has 0 aliphatic carbocycles. The maximum Gasteiger partial charge on any atom is 0.472 e. The first kappa shape index (κ1) is 52.9. The Morgan fingerprint density at radius 3 is 1.52 bits per heavy atom. The van der Waals surface area contributed by atoms with Gasteiger partial charge in [-0.05, 0) is 44.9 Å². The van der Waals surface area contributed by atoms with Crippen LogP contribution in [0.4, 0.5) is 0 Å². The molecule has 0 aromatic rings. The number of carbonyl (C=O) groups excluding carboxylic acids is 1. The van der Waals surface area contributed by atoms with Crippen LogP contribution in [0.25, 0.3) is 0 Å². The fourth-order valence-electron chi connectivity index (χ4n) is 6.21. The fraction of sp³-hybridized carbons (Fsp3) is 0.886. The summed E-state index contributed by atoms with van der Waals surface area (Å²) < 4.78 is 33.4. The molecule has 0 rings (SSSR count). The van der Waals surface area contributed by atoms with Crippen LogP contribution in [-0.2, 0) is 27.9 Å². The van der Waals surface area contributed by atoms with E-state index in [0.29, 0.717) is 13.0 Å². The molecule has 0 aromatic carbocycles. The Morgan fingerprint density at radius 1 is 0.574 bits per heavy atom. The second kappa shape index (κ2) is 41.6. The van der Waals surface area contributed by atoms with Crippen LogP contribution in [0.1, 0.15) is 206 Å². The zero-order valence-electron chi connectivity index (χ0n) is 35.0. The van der Waals surface area contributed by atoms with Crippen LogP contribution >= 0.6 is 7.82 Å². The van der Waals surface area contributed by atoms with E-state index in [1.807, 2.05) is 0 Å². The van der Waals surface area contributed by atoms with Gasteiger partial charge in [0.05, 0.1) is 26.4 Å². The minimum absolute atomic E-state index is 0.0477. The zero-order chi connectivity index (χ0) is 39.6. The van der Waals surface area contributed by atoms with E-state index in [-0.39, 0.29) is 19.6 Å². The van der Waals surface area contributed by atoms with Crippen molar-refractivity contribution in [3.63, 3.8) is 0 Å². The van der Waals surface area contributed by atoms with E-state index in [4.69, 9.17) is 23.6 Å². The molecule has 3 unspecified atom stereocenters. The van der Waals surface area contributed by atoms with Crippen LogP contribution in [0.15, 0.2) is 24.3 Å². The summed E-state index contributed by atoms with van der Waals surface area (Å²) in [4.78, 5) is 22.6. The molecule has 0 radical (unpaired) electrons. The Hall–Kier alpha value is -1.06. The molecule has 0 bridgehead atoms. The SMILES string of the molecule is CCCCC/C=C\C/C=C\CCCCCCCC(=O)OC(COCCCCCCCCCCCCCCCCCCCC)COP(=O)(O)OCC(O)CO. The van der Waals surface area contributed by atoms with Crippen LogP contribution in [0.5, 0.6) is 0 Å². The van der Waals surface area contributed by atoms with Crippen LogP contribution in [-0.4, -0.2) is 66.3 Å². The largest absolute Gasteiger partial charge is 0.472 e. The van der Waals surface area contributed by atoms with E-state index in [2.05, 4.69) is 38.2 Å². The van der Waals surface area contributed by atoms with Crippen molar-refractivity contribution in [2.45, 2.75) is 219 Å². The third-order valence-corrected chi connectivity index (χ3v) is 10.6. The number of phosphoric acid groups is 1. The number of hydrogen-bond donors (Lipinski definition) is 3. The third-order valence-electron chi connectivity index (χ3n) is 9.64. The van der Waals surface area contributed by atoms with Gasteiger partial charge in [0.15, 0.2) is 0 Å². The normalized spacial score (nSPS) is 14.2. The molecule has 320 valence electrons. The van der Waals surface area contributed by atoms with Crippen molar-refractivity contribution in [3.05, 3.63) is 24.3 Å². The third kappa shape index (κ3) is 40.6. The summed E-state index contributed by atoms with van der Waals surface area (Å²) in [5.74, 6) is -0.393. The van der Waals surface area contributed by atoms with E-state index < -0.39 is 39.2 Å². The molecule has 3 atom stereocenters. The summed E-state index contributed by atoms with van der Waals surface area (Å²) in [6.45, 7) is 3.51. The summed E-state index contributed by atoms with van der Waals surface area (Å²) in [5, 5.41) is 18.3. The van der Waals surface area contributed by atoms with Gasteiger partial charge >= 0.3 is 13.8 Å². The number of aliphatic hydroxyl groups is 2. The van der Waals surface area contributed by atoms with E-state index in [1.54, 1.807) is 0 Å². The first-order valence-electron chi connectivity index (χ1n) is 22.3. The Balaban J connectivity index is 4.14. The molecule has 9 nitrogen and oxygen atoms in total. The monoisotopic (exact) mass is 789 g/mol. The number of aliphatic hydroxyl groups excluding tert-OH is 2. The number of ether oxygens (including phenoxy) is 2. The molecule has 0 heterocycles. The van der Waals surface area contributed by atoms with Gasteiger partial charge in [0.1, 0.15) is 12.2 Å². The van der Waals surface area contributed by atoms with Gasteiger partial charge in [0.2, 0.25) is 0 Å². The number of carbonyl (C=O) groups is 1. The molecule has 0 fully saturated rings. The summed E-state index contributed by atoms with van der Waals surface area (Å²) >= 11 is 0. The van der Waals surface area contributed by atoms with Gasteiger partial charge in [-0.2, -0.15) is 0 Å². The highest BCUT2D eigenvalue weighted by atomic mass is 31.2. The second-order valence-corrected chi connectivity index (χ2v) is 16.5. The molecule has 3 N–H and O–H groups in total. The van der Waals surface area contributed by atoms with E-state index >= 15 is 0 Å². The van der Waals surface area contributed by atoms with Crippen molar-refractivity contribution in [1.29, 1.82) is 0 Å². The second-order valence-electron chi connectivity index (χ2n) is 15.1. The van der Waals surface area contributed by atoms with Crippen molar-refractivity contribution in [2.24, 2.45) is 0 Å². The topological polar surface area (TPSA) is 132 Å². The van der Waals surface area contributed by atoms with Gasteiger partial charge in [-0.15, -0.1) is 0 Å². The molecule has 10 heteroatoms. The first-order chi connectivity index (χ1) is 26.3. The minimum atomic E-state index is -4.52. The molecule has 0 aliphatic rings. The Bertz CT molecular complexity index is 897. The molecule has 0 aromatic heterocycles. The van der Waals surface area contributed by atoms with Gasteiger partial charge < -0.3 is 24.6 Å². The predicted molar refractivity (Wildman–Crippen MR) is 224 cm³/mol. The first-order valence-corrected chi connectivity index (χ1v) is 23.8. The van der Waals surface area contributed by atoms with Crippen LogP contribution < -0.4 is 0 Å². The lowest BCUT2D eigenvalue weighted by Gasteiger charge is -2.20. The number of esters is 1. The molecule has 0 aliphatic heterocycles. The quantitative estimate of drug-likeness (QED) is 0.0239. The number of hydrogen-bond acceptors (Lipinski definition) is 8. The highest BCUT2D eigenvalue weighted by Crippen LogP contribution is 2.43. The number of phosphoric ester groups is 1. The van der Waals surface area contributed by atoms with Gasteiger partial charge in [0.25, 0.3) is 0 Å². The zero-order valence-corrected chi connectivity index (χ0v) is 35.8. The number of rotatable bonds is 43. The Labute approximate surface area is 332 Å². The van der Waals surface area contributed by atoms with Crippen molar-refractivity contribution < 1.29 is 43.0 Å². The lowest BCUT2D eigenvalue weighted by Crippen LogP contribution is -2.29.